The summed E-state index contributed by atoms with van der Waals surface area (Å²) in [7, 11) is 2.99. The van der Waals surface area contributed by atoms with Gasteiger partial charge in [0, 0.05) is 22.9 Å². The predicted octanol–water partition coefficient (Wildman–Crippen LogP) is 3.11. The van der Waals surface area contributed by atoms with Crippen molar-refractivity contribution in [1.29, 1.82) is 0 Å². The Kier molecular flexibility index (Phi) is 4.58. The average molecular weight is 408 g/mol. The highest BCUT2D eigenvalue weighted by Crippen LogP contribution is 2.43. The highest BCUT2D eigenvalue weighted by atomic mass is 19.3. The summed E-state index contributed by atoms with van der Waals surface area (Å²) in [4.78, 5) is 14.1. The lowest BCUT2D eigenvalue weighted by atomic mass is 9.95. The van der Waals surface area contributed by atoms with Crippen molar-refractivity contribution in [3.05, 3.63) is 41.5 Å². The van der Waals surface area contributed by atoms with E-state index in [4.69, 9.17) is 9.47 Å². The Morgan fingerprint density at radius 2 is 1.86 bits per heavy atom. The second-order valence-corrected chi connectivity index (χ2v) is 6.52. The highest BCUT2D eigenvalue weighted by Gasteiger charge is 2.43. The van der Waals surface area contributed by atoms with Gasteiger partial charge in [0.05, 0.1) is 27.3 Å². The second-order valence-electron chi connectivity index (χ2n) is 6.52. The van der Waals surface area contributed by atoms with E-state index in [1.807, 2.05) is 0 Å². The number of aliphatic hydroxyl groups is 1. The molecule has 0 fully saturated rings. The molecule has 2 N–H and O–H groups in total. The topological polar surface area (TPSA) is 89.5 Å². The van der Waals surface area contributed by atoms with Gasteiger partial charge in [-0.2, -0.15) is 0 Å². The normalized spacial score (nSPS) is 18.8. The van der Waals surface area contributed by atoms with E-state index in [-0.39, 0.29) is 30.3 Å². The summed E-state index contributed by atoms with van der Waals surface area (Å²) < 4.78 is 45.7. The van der Waals surface area contributed by atoms with Crippen molar-refractivity contribution in [1.82, 2.24) is 4.90 Å². The van der Waals surface area contributed by atoms with Crippen LogP contribution in [0.4, 0.5) is 19.3 Å². The molecule has 0 aliphatic carbocycles. The van der Waals surface area contributed by atoms with Gasteiger partial charge in [0.2, 0.25) is 0 Å². The molecule has 154 valence electrons. The molecule has 2 aliphatic rings. The molecule has 0 bridgehead atoms. The molecule has 2 amide bonds. The van der Waals surface area contributed by atoms with Crippen LogP contribution in [0.25, 0.3) is 0 Å². The van der Waals surface area contributed by atoms with Crippen LogP contribution < -0.4 is 24.3 Å². The average Bonchev–Trinajstić information content (AvgIpc) is 2.99. The number of ether oxygens (including phenoxy) is 4. The first kappa shape index (κ1) is 19.1. The van der Waals surface area contributed by atoms with Gasteiger partial charge in [0.1, 0.15) is 17.6 Å². The Balaban J connectivity index is 1.55. The molecule has 2 aromatic carbocycles. The number of aliphatic hydroxyl groups excluding tert-OH is 1. The lowest BCUT2D eigenvalue weighted by Gasteiger charge is -2.34. The number of hydrogen-bond acceptors (Lipinski definition) is 6. The van der Waals surface area contributed by atoms with Crippen LogP contribution in [0, 0.1) is 0 Å². The van der Waals surface area contributed by atoms with Crippen LogP contribution in [0.2, 0.25) is 0 Å². The van der Waals surface area contributed by atoms with Gasteiger partial charge >= 0.3 is 12.3 Å². The zero-order valence-electron chi connectivity index (χ0n) is 15.6. The standard InChI is InChI=1S/C19H18F2N2O6/c1-26-13-5-6-15(27-2)17-11(13)8-23(9-12(17)24)18(25)22-10-3-4-14-16(7-10)29-19(20,21)28-14/h3-7,12,24H,8-9H2,1-2H3,(H,22,25). The number of methoxy groups -OCH3 is 2. The molecule has 0 saturated carbocycles. The van der Waals surface area contributed by atoms with Gasteiger partial charge in [0.15, 0.2) is 11.5 Å². The van der Waals surface area contributed by atoms with E-state index < -0.39 is 18.4 Å². The van der Waals surface area contributed by atoms with E-state index in [0.717, 1.165) is 0 Å². The van der Waals surface area contributed by atoms with Gasteiger partial charge in [-0.3, -0.25) is 0 Å². The third-order valence-corrected chi connectivity index (χ3v) is 4.73. The molecule has 0 radical (unpaired) electrons. The molecule has 2 heterocycles. The summed E-state index contributed by atoms with van der Waals surface area (Å²) in [6.07, 6.45) is -4.72. The molecular weight excluding hydrogens is 390 g/mol. The van der Waals surface area contributed by atoms with E-state index >= 15 is 0 Å². The summed E-state index contributed by atoms with van der Waals surface area (Å²) in [6.45, 7) is 0.187. The lowest BCUT2D eigenvalue weighted by molar-refractivity contribution is -0.286. The van der Waals surface area contributed by atoms with Gasteiger partial charge in [-0.15, -0.1) is 8.78 Å². The molecule has 0 aromatic heterocycles. The number of rotatable bonds is 3. The number of hydrogen-bond donors (Lipinski definition) is 2. The number of halogens is 2. The number of anilines is 1. The molecule has 2 aromatic rings. The number of urea groups is 1. The molecule has 1 atom stereocenters. The molecular formula is C19H18F2N2O6. The van der Waals surface area contributed by atoms with Crippen molar-refractivity contribution in [3.8, 4) is 23.0 Å². The van der Waals surface area contributed by atoms with Crippen LogP contribution in [0.3, 0.4) is 0 Å². The maximum atomic E-state index is 13.1. The number of nitrogens with one attached hydrogen (secondary N) is 1. The largest absolute Gasteiger partial charge is 0.586 e. The van der Waals surface area contributed by atoms with Crippen molar-refractivity contribution in [3.63, 3.8) is 0 Å². The Hall–Kier alpha value is -3.27. The third kappa shape index (κ3) is 3.46. The van der Waals surface area contributed by atoms with Crippen LogP contribution in [0.1, 0.15) is 17.2 Å². The molecule has 0 spiro atoms. The highest BCUT2D eigenvalue weighted by molar-refractivity contribution is 5.90. The molecule has 2 aliphatic heterocycles. The Morgan fingerprint density at radius 3 is 2.59 bits per heavy atom. The van der Waals surface area contributed by atoms with Crippen LogP contribution in [0.15, 0.2) is 30.3 Å². The quantitative estimate of drug-likeness (QED) is 0.811. The molecule has 29 heavy (non-hydrogen) atoms. The van der Waals surface area contributed by atoms with Gasteiger partial charge in [-0.1, -0.05) is 0 Å². The maximum Gasteiger partial charge on any atom is 0.586 e. The fraction of sp³-hybridized carbons (Fsp3) is 0.316. The Morgan fingerprint density at radius 1 is 1.17 bits per heavy atom. The number of β-amino-alcohol motifs (C(OH)–C–C–N with tert-alkyl or cyclic N) is 1. The fourth-order valence-corrected chi connectivity index (χ4v) is 3.46. The number of benzene rings is 2. The zero-order chi connectivity index (χ0) is 20.8. The van der Waals surface area contributed by atoms with Crippen molar-refractivity contribution >= 4 is 11.7 Å². The van der Waals surface area contributed by atoms with E-state index in [1.54, 1.807) is 12.1 Å². The maximum absolute atomic E-state index is 13.1. The molecule has 0 saturated heterocycles. The van der Waals surface area contributed by atoms with Crippen LogP contribution in [-0.4, -0.2) is 43.1 Å². The minimum absolute atomic E-state index is 0.0188. The minimum atomic E-state index is -3.73. The summed E-state index contributed by atoms with van der Waals surface area (Å²) >= 11 is 0. The van der Waals surface area contributed by atoms with E-state index in [0.29, 0.717) is 22.6 Å². The van der Waals surface area contributed by atoms with Crippen LogP contribution in [0.5, 0.6) is 23.0 Å². The predicted molar refractivity (Wildman–Crippen MR) is 96.6 cm³/mol. The number of nitrogens with zero attached hydrogens (tertiary/aromatic N) is 1. The van der Waals surface area contributed by atoms with E-state index in [2.05, 4.69) is 14.8 Å². The first-order valence-electron chi connectivity index (χ1n) is 8.69. The van der Waals surface area contributed by atoms with Gasteiger partial charge in [-0.05, 0) is 24.3 Å². The van der Waals surface area contributed by atoms with Gasteiger partial charge in [0.25, 0.3) is 0 Å². The number of alkyl halides is 2. The SMILES string of the molecule is COc1ccc(OC)c2c1CN(C(=O)Nc1ccc3c(c1)OC(F)(F)O3)CC2O. The number of fused-ring (bicyclic) bond motifs is 2. The second kappa shape index (κ2) is 6.96. The summed E-state index contributed by atoms with van der Waals surface area (Å²) in [5, 5.41) is 13.2. The van der Waals surface area contributed by atoms with Gasteiger partial charge < -0.3 is 34.3 Å². The summed E-state index contributed by atoms with van der Waals surface area (Å²) in [5.41, 5.74) is 1.44. The van der Waals surface area contributed by atoms with Crippen molar-refractivity contribution in [2.24, 2.45) is 0 Å². The summed E-state index contributed by atoms with van der Waals surface area (Å²) in [6, 6.07) is 6.80. The number of amides is 2. The van der Waals surface area contributed by atoms with Crippen molar-refractivity contribution in [2.45, 2.75) is 18.9 Å². The fourth-order valence-electron chi connectivity index (χ4n) is 3.46. The van der Waals surface area contributed by atoms with Crippen LogP contribution in [-0.2, 0) is 6.54 Å². The molecule has 8 nitrogen and oxygen atoms in total. The number of carbonyl (C=O) groups excluding carboxylic acids is 1. The zero-order valence-corrected chi connectivity index (χ0v) is 15.6. The molecule has 10 heteroatoms. The molecule has 4 rings (SSSR count). The van der Waals surface area contributed by atoms with Crippen LogP contribution >= 0.6 is 0 Å². The Bertz CT molecular complexity index is 968. The van der Waals surface area contributed by atoms with E-state index in [1.165, 1.54) is 37.3 Å². The van der Waals surface area contributed by atoms with Crippen molar-refractivity contribution in [2.75, 3.05) is 26.1 Å². The van der Waals surface area contributed by atoms with E-state index in [9.17, 15) is 18.7 Å². The lowest BCUT2D eigenvalue weighted by Crippen LogP contribution is -2.41. The van der Waals surface area contributed by atoms with Gasteiger partial charge in [-0.25, -0.2) is 4.79 Å². The first-order valence-corrected chi connectivity index (χ1v) is 8.69. The monoisotopic (exact) mass is 408 g/mol. The molecule has 1 unspecified atom stereocenters. The van der Waals surface area contributed by atoms with Crippen molar-refractivity contribution < 1.29 is 37.6 Å². The first-order chi connectivity index (χ1) is 13.8. The Labute approximate surface area is 164 Å². The summed E-state index contributed by atoms with van der Waals surface area (Å²) in [5.74, 6) is 0.725. The number of carbonyl (C=O) groups is 1. The smallest absolute Gasteiger partial charge is 0.496 e. The minimum Gasteiger partial charge on any atom is -0.496 e. The third-order valence-electron chi connectivity index (χ3n) is 4.73.